The number of nitrogens with zero attached hydrogens (tertiary/aromatic N) is 1. The van der Waals surface area contributed by atoms with Crippen LogP contribution in [0.25, 0.3) is 0 Å². The monoisotopic (exact) mass is 394 g/mol. The molecule has 6 rings (SSSR count). The number of allylic oxidation sites excluding steroid dienone is 2. The highest BCUT2D eigenvalue weighted by Gasteiger charge is 2.67. The molecule has 150 valence electrons. The molecule has 1 aromatic carbocycles. The van der Waals surface area contributed by atoms with Gasteiger partial charge in [0.25, 0.3) is 0 Å². The first-order valence-corrected chi connectivity index (χ1v) is 10.1. The summed E-state index contributed by atoms with van der Waals surface area (Å²) in [7, 11) is 0. The first-order valence-electron chi connectivity index (χ1n) is 10.1. The van der Waals surface area contributed by atoms with Gasteiger partial charge in [0, 0.05) is 5.69 Å². The van der Waals surface area contributed by atoms with E-state index in [4.69, 9.17) is 4.74 Å². The Bertz CT molecular complexity index is 901. The van der Waals surface area contributed by atoms with Gasteiger partial charge >= 0.3 is 5.97 Å². The van der Waals surface area contributed by atoms with Crippen molar-refractivity contribution in [3.63, 3.8) is 0 Å². The molecule has 6 atom stereocenters. The van der Waals surface area contributed by atoms with E-state index in [0.29, 0.717) is 23.1 Å². The van der Waals surface area contributed by atoms with Crippen molar-refractivity contribution in [1.29, 1.82) is 0 Å². The van der Waals surface area contributed by atoms with Gasteiger partial charge in [0.1, 0.15) is 6.54 Å². The standard InChI is InChI=1S/C22H22N2O5/c1-2-29-22(28)11-3-5-12(6-4-11)23-17(25)10-24-20(26)18-13-7-8-14(16-9-15(13)16)19(18)21(24)27/h3-8,13-16,18-19H,2,9-10H2,1H3,(H,23,25)/t13-,14-,15-,16+,18-,19+/m0/s1. The number of carbonyl (C=O) groups excluding carboxylic acids is 4. The second-order valence-electron chi connectivity index (χ2n) is 8.26. The summed E-state index contributed by atoms with van der Waals surface area (Å²) in [6.07, 6.45) is 5.33. The third kappa shape index (κ3) is 2.79. The Balaban J connectivity index is 1.24. The molecule has 1 saturated heterocycles. The van der Waals surface area contributed by atoms with Crippen molar-refractivity contribution in [2.24, 2.45) is 35.5 Å². The number of imide groups is 1. The van der Waals surface area contributed by atoms with E-state index in [2.05, 4.69) is 17.5 Å². The number of rotatable bonds is 5. The van der Waals surface area contributed by atoms with E-state index in [1.165, 1.54) is 0 Å². The van der Waals surface area contributed by atoms with Gasteiger partial charge < -0.3 is 10.1 Å². The molecule has 4 aliphatic carbocycles. The number of amides is 3. The second kappa shape index (κ2) is 6.54. The largest absolute Gasteiger partial charge is 0.462 e. The molecule has 0 unspecified atom stereocenters. The zero-order chi connectivity index (χ0) is 20.3. The number of hydrogen-bond donors (Lipinski definition) is 1. The van der Waals surface area contributed by atoms with Crippen LogP contribution in [-0.4, -0.2) is 41.7 Å². The van der Waals surface area contributed by atoms with E-state index in [0.717, 1.165) is 11.3 Å². The van der Waals surface area contributed by atoms with Gasteiger partial charge in [-0.05, 0) is 61.3 Å². The van der Waals surface area contributed by atoms with E-state index in [-0.39, 0.29) is 48.6 Å². The third-order valence-corrected chi connectivity index (χ3v) is 6.74. The highest BCUT2D eigenvalue weighted by molar-refractivity contribution is 6.09. The van der Waals surface area contributed by atoms with Crippen molar-refractivity contribution < 1.29 is 23.9 Å². The minimum atomic E-state index is -0.431. The number of carbonyl (C=O) groups is 4. The summed E-state index contributed by atoms with van der Waals surface area (Å²) in [5.74, 6) is -0.498. The van der Waals surface area contributed by atoms with Gasteiger partial charge in [0.05, 0.1) is 24.0 Å². The highest BCUT2D eigenvalue weighted by Crippen LogP contribution is 2.65. The molecule has 0 spiro atoms. The molecule has 29 heavy (non-hydrogen) atoms. The van der Waals surface area contributed by atoms with Crippen LogP contribution in [0.1, 0.15) is 23.7 Å². The second-order valence-corrected chi connectivity index (χ2v) is 8.26. The molecule has 0 aromatic heterocycles. The maximum Gasteiger partial charge on any atom is 0.338 e. The summed E-state index contributed by atoms with van der Waals surface area (Å²) < 4.78 is 4.93. The van der Waals surface area contributed by atoms with Crippen molar-refractivity contribution in [2.75, 3.05) is 18.5 Å². The lowest BCUT2D eigenvalue weighted by Gasteiger charge is -2.37. The van der Waals surface area contributed by atoms with Crippen molar-refractivity contribution in [3.05, 3.63) is 42.0 Å². The SMILES string of the molecule is CCOC(=O)c1ccc(NC(=O)CN2C(=O)[C@@H]3[C@H]4C=C[C@@H]([C@@H]5C[C@H]45)[C@@H]3C2=O)cc1. The average Bonchev–Trinajstić information content (AvgIpc) is 3.50. The molecule has 7 heteroatoms. The molecule has 0 radical (unpaired) electrons. The van der Waals surface area contributed by atoms with Crippen molar-refractivity contribution >= 4 is 29.4 Å². The number of ether oxygens (including phenoxy) is 1. The van der Waals surface area contributed by atoms with E-state index in [1.807, 2.05) is 0 Å². The maximum absolute atomic E-state index is 12.9. The summed E-state index contributed by atoms with van der Waals surface area (Å²) in [5, 5.41) is 2.69. The Morgan fingerprint density at radius 2 is 1.62 bits per heavy atom. The number of esters is 1. The molecule has 2 bridgehead atoms. The molecule has 1 heterocycles. The molecular weight excluding hydrogens is 372 g/mol. The minimum absolute atomic E-state index is 0.148. The van der Waals surface area contributed by atoms with Gasteiger partial charge in [-0.2, -0.15) is 0 Å². The molecule has 3 fully saturated rings. The molecule has 1 N–H and O–H groups in total. The van der Waals surface area contributed by atoms with Crippen LogP contribution in [0.15, 0.2) is 36.4 Å². The summed E-state index contributed by atoms with van der Waals surface area (Å²) in [5.41, 5.74) is 0.878. The fourth-order valence-electron chi connectivity index (χ4n) is 5.42. The smallest absolute Gasteiger partial charge is 0.338 e. The van der Waals surface area contributed by atoms with Crippen LogP contribution in [-0.2, 0) is 19.1 Å². The van der Waals surface area contributed by atoms with E-state index in [1.54, 1.807) is 31.2 Å². The predicted octanol–water partition coefficient (Wildman–Crippen LogP) is 1.85. The predicted molar refractivity (Wildman–Crippen MR) is 102 cm³/mol. The van der Waals surface area contributed by atoms with Gasteiger partial charge in [-0.15, -0.1) is 0 Å². The first-order chi connectivity index (χ1) is 14.0. The Hall–Kier alpha value is -2.96. The Morgan fingerprint density at radius 3 is 2.17 bits per heavy atom. The zero-order valence-electron chi connectivity index (χ0n) is 16.0. The van der Waals surface area contributed by atoms with Gasteiger partial charge in [0.15, 0.2) is 0 Å². The van der Waals surface area contributed by atoms with Gasteiger partial charge in [-0.3, -0.25) is 19.3 Å². The third-order valence-electron chi connectivity index (χ3n) is 6.74. The van der Waals surface area contributed by atoms with Gasteiger partial charge in [-0.25, -0.2) is 4.79 Å². The van der Waals surface area contributed by atoms with E-state index in [9.17, 15) is 19.2 Å². The first kappa shape index (κ1) is 18.1. The summed E-state index contributed by atoms with van der Waals surface area (Å²) in [6.45, 7) is 1.74. The average molecular weight is 394 g/mol. The number of anilines is 1. The number of likely N-dealkylation sites (tertiary alicyclic amines) is 1. The van der Waals surface area contributed by atoms with E-state index < -0.39 is 11.9 Å². The van der Waals surface area contributed by atoms with Crippen LogP contribution in [0, 0.1) is 35.5 Å². The molecule has 1 aromatic rings. The van der Waals surface area contributed by atoms with Crippen LogP contribution in [0.2, 0.25) is 0 Å². The van der Waals surface area contributed by atoms with E-state index >= 15 is 0 Å². The zero-order valence-corrected chi connectivity index (χ0v) is 16.0. The van der Waals surface area contributed by atoms with Crippen LogP contribution in [0.3, 0.4) is 0 Å². The summed E-state index contributed by atoms with van der Waals surface area (Å²) in [6, 6.07) is 6.30. The Kier molecular flexibility index (Phi) is 4.08. The van der Waals surface area contributed by atoms with Crippen molar-refractivity contribution in [1.82, 2.24) is 4.90 Å². The quantitative estimate of drug-likeness (QED) is 0.467. The van der Waals surface area contributed by atoms with Crippen molar-refractivity contribution in [2.45, 2.75) is 13.3 Å². The lowest BCUT2D eigenvalue weighted by molar-refractivity contribution is -0.142. The lowest BCUT2D eigenvalue weighted by Crippen LogP contribution is -2.40. The summed E-state index contributed by atoms with van der Waals surface area (Å²) in [4.78, 5) is 51.1. The molecule has 1 aliphatic heterocycles. The molecule has 2 saturated carbocycles. The number of nitrogens with one attached hydrogen (secondary N) is 1. The molecular formula is C22H22N2O5. The topological polar surface area (TPSA) is 92.8 Å². The van der Waals surface area contributed by atoms with Gasteiger partial charge in [-0.1, -0.05) is 12.2 Å². The van der Waals surface area contributed by atoms with Crippen LogP contribution < -0.4 is 5.32 Å². The van der Waals surface area contributed by atoms with Crippen LogP contribution in [0.5, 0.6) is 0 Å². The lowest BCUT2D eigenvalue weighted by atomic mass is 9.63. The molecule has 5 aliphatic rings. The Labute approximate surface area is 168 Å². The molecule has 3 amide bonds. The Morgan fingerprint density at radius 1 is 1.03 bits per heavy atom. The highest BCUT2D eigenvalue weighted by atomic mass is 16.5. The van der Waals surface area contributed by atoms with Gasteiger partial charge in [0.2, 0.25) is 17.7 Å². The summed E-state index contributed by atoms with van der Waals surface area (Å²) >= 11 is 0. The van der Waals surface area contributed by atoms with Crippen LogP contribution in [0.4, 0.5) is 5.69 Å². The molecule has 7 nitrogen and oxygen atoms in total. The van der Waals surface area contributed by atoms with Crippen molar-refractivity contribution in [3.8, 4) is 0 Å². The fraction of sp³-hybridized carbons (Fsp3) is 0.455. The maximum atomic E-state index is 12.9. The normalized spacial score (nSPS) is 33.3. The number of benzene rings is 1. The van der Waals surface area contributed by atoms with Crippen LogP contribution >= 0.6 is 0 Å². The number of hydrogen-bond acceptors (Lipinski definition) is 5. The minimum Gasteiger partial charge on any atom is -0.462 e. The fourth-order valence-corrected chi connectivity index (χ4v) is 5.42.